The van der Waals surface area contributed by atoms with Gasteiger partial charge in [0, 0.05) is 22.1 Å². The molecule has 1 atom stereocenters. The van der Waals surface area contributed by atoms with Gasteiger partial charge in [0.25, 0.3) is 0 Å². The van der Waals surface area contributed by atoms with Crippen LogP contribution in [0.1, 0.15) is 17.4 Å². The standard InChI is InChI=1S/C11H9Br2ClN2O/c1-16-10(8(13)5-15-16)11(17)7-3-2-6(12)4-9(7)14/h2-5,11,17H,1H3. The Morgan fingerprint density at radius 2 is 2.12 bits per heavy atom. The number of aliphatic hydroxyl groups is 1. The second-order valence-corrected chi connectivity index (χ2v) is 5.75. The molecule has 2 aromatic rings. The van der Waals surface area contributed by atoms with Crippen molar-refractivity contribution >= 4 is 43.5 Å². The maximum atomic E-state index is 10.3. The molecule has 0 aliphatic heterocycles. The van der Waals surface area contributed by atoms with Crippen molar-refractivity contribution in [1.82, 2.24) is 9.78 Å². The summed E-state index contributed by atoms with van der Waals surface area (Å²) < 4.78 is 3.25. The summed E-state index contributed by atoms with van der Waals surface area (Å²) in [6.07, 6.45) is 0.836. The molecule has 0 spiro atoms. The largest absolute Gasteiger partial charge is 0.382 e. The van der Waals surface area contributed by atoms with Crippen LogP contribution in [0.2, 0.25) is 5.02 Å². The monoisotopic (exact) mass is 378 g/mol. The molecule has 0 radical (unpaired) electrons. The first-order valence-electron chi connectivity index (χ1n) is 4.81. The van der Waals surface area contributed by atoms with Crippen LogP contribution in [0.3, 0.4) is 0 Å². The van der Waals surface area contributed by atoms with Gasteiger partial charge in [-0.15, -0.1) is 0 Å². The van der Waals surface area contributed by atoms with Gasteiger partial charge in [-0.2, -0.15) is 5.10 Å². The summed E-state index contributed by atoms with van der Waals surface area (Å²) in [5, 5.41) is 14.9. The Morgan fingerprint density at radius 3 is 2.65 bits per heavy atom. The second-order valence-electron chi connectivity index (χ2n) is 3.57. The van der Waals surface area contributed by atoms with E-state index in [0.29, 0.717) is 16.3 Å². The third-order valence-electron chi connectivity index (χ3n) is 2.45. The van der Waals surface area contributed by atoms with Gasteiger partial charge in [-0.3, -0.25) is 4.68 Å². The van der Waals surface area contributed by atoms with E-state index in [1.165, 1.54) is 0 Å². The molecule has 2 rings (SSSR count). The molecule has 1 aromatic carbocycles. The minimum Gasteiger partial charge on any atom is -0.382 e. The zero-order valence-corrected chi connectivity index (χ0v) is 12.8. The number of aryl methyl sites for hydroxylation is 1. The summed E-state index contributed by atoms with van der Waals surface area (Å²) in [4.78, 5) is 0. The molecule has 90 valence electrons. The fourth-order valence-corrected chi connectivity index (χ4v) is 2.94. The van der Waals surface area contributed by atoms with Crippen LogP contribution >= 0.6 is 43.5 Å². The normalized spacial score (nSPS) is 12.8. The van der Waals surface area contributed by atoms with Gasteiger partial charge in [0.05, 0.1) is 16.4 Å². The molecule has 0 aliphatic rings. The lowest BCUT2D eigenvalue weighted by molar-refractivity contribution is 0.209. The Labute approximate surface area is 121 Å². The molecule has 1 N–H and O–H groups in total. The fraction of sp³-hybridized carbons (Fsp3) is 0.182. The van der Waals surface area contributed by atoms with Gasteiger partial charge in [-0.1, -0.05) is 33.6 Å². The summed E-state index contributed by atoms with van der Waals surface area (Å²) in [7, 11) is 1.77. The molecule has 0 saturated heterocycles. The predicted octanol–water partition coefficient (Wildman–Crippen LogP) is 3.68. The molecule has 3 nitrogen and oxygen atoms in total. The highest BCUT2D eigenvalue weighted by Crippen LogP contribution is 2.33. The van der Waals surface area contributed by atoms with Crippen molar-refractivity contribution in [2.24, 2.45) is 7.05 Å². The zero-order chi connectivity index (χ0) is 12.6. The minimum atomic E-state index is -0.808. The van der Waals surface area contributed by atoms with Gasteiger partial charge >= 0.3 is 0 Å². The van der Waals surface area contributed by atoms with Crippen LogP contribution < -0.4 is 0 Å². The summed E-state index contributed by atoms with van der Waals surface area (Å²) in [5.41, 5.74) is 1.33. The number of benzene rings is 1. The average molecular weight is 380 g/mol. The first-order valence-corrected chi connectivity index (χ1v) is 6.77. The number of rotatable bonds is 2. The summed E-state index contributed by atoms with van der Waals surface area (Å²) in [5.74, 6) is 0. The van der Waals surface area contributed by atoms with Gasteiger partial charge < -0.3 is 5.11 Å². The number of aromatic nitrogens is 2. The van der Waals surface area contributed by atoms with Gasteiger partial charge in [-0.25, -0.2) is 0 Å². The number of hydrogen-bond acceptors (Lipinski definition) is 2. The Bertz CT molecular complexity index is 537. The maximum absolute atomic E-state index is 10.3. The van der Waals surface area contributed by atoms with Gasteiger partial charge in [0.15, 0.2) is 0 Å². The lowest BCUT2D eigenvalue weighted by Crippen LogP contribution is -2.07. The fourth-order valence-electron chi connectivity index (χ4n) is 1.60. The van der Waals surface area contributed by atoms with E-state index in [2.05, 4.69) is 37.0 Å². The molecular formula is C11H9Br2ClN2O. The van der Waals surface area contributed by atoms with Crippen molar-refractivity contribution in [3.05, 3.63) is 49.6 Å². The van der Waals surface area contributed by atoms with Crippen LogP contribution in [-0.2, 0) is 7.05 Å². The number of aliphatic hydroxyl groups excluding tert-OH is 1. The minimum absolute atomic E-state index is 0.514. The maximum Gasteiger partial charge on any atom is 0.123 e. The molecule has 1 aromatic heterocycles. The van der Waals surface area contributed by atoms with Crippen LogP contribution in [0.5, 0.6) is 0 Å². The molecule has 0 fully saturated rings. The van der Waals surface area contributed by atoms with Crippen LogP contribution in [0.15, 0.2) is 33.3 Å². The average Bonchev–Trinajstić information content (AvgIpc) is 2.58. The van der Waals surface area contributed by atoms with Crippen molar-refractivity contribution in [2.75, 3.05) is 0 Å². The summed E-state index contributed by atoms with van der Waals surface area (Å²) in [6, 6.07) is 5.38. The molecule has 6 heteroatoms. The van der Waals surface area contributed by atoms with E-state index >= 15 is 0 Å². The first kappa shape index (κ1) is 13.1. The van der Waals surface area contributed by atoms with E-state index in [9.17, 15) is 5.11 Å². The lowest BCUT2D eigenvalue weighted by Gasteiger charge is -2.14. The molecule has 1 heterocycles. The van der Waals surface area contributed by atoms with Crippen LogP contribution in [-0.4, -0.2) is 14.9 Å². The van der Waals surface area contributed by atoms with E-state index < -0.39 is 6.10 Å². The Morgan fingerprint density at radius 1 is 1.41 bits per heavy atom. The molecule has 0 bridgehead atoms. The van der Waals surface area contributed by atoms with Gasteiger partial charge in [-0.05, 0) is 28.1 Å². The van der Waals surface area contributed by atoms with Crippen molar-refractivity contribution in [2.45, 2.75) is 6.10 Å². The van der Waals surface area contributed by atoms with E-state index in [0.717, 1.165) is 8.95 Å². The Balaban J connectivity index is 2.47. The Hall–Kier alpha value is -0.360. The topological polar surface area (TPSA) is 38.0 Å². The molecule has 1 unspecified atom stereocenters. The van der Waals surface area contributed by atoms with E-state index in [1.807, 2.05) is 6.07 Å². The molecule has 0 amide bonds. The van der Waals surface area contributed by atoms with E-state index in [-0.39, 0.29) is 0 Å². The SMILES string of the molecule is Cn1ncc(Br)c1C(O)c1ccc(Br)cc1Cl. The summed E-state index contributed by atoms with van der Waals surface area (Å²) >= 11 is 12.8. The quantitative estimate of drug-likeness (QED) is 0.863. The van der Waals surface area contributed by atoms with Crippen molar-refractivity contribution < 1.29 is 5.11 Å². The first-order chi connectivity index (χ1) is 8.00. The third-order valence-corrected chi connectivity index (χ3v) is 3.89. The van der Waals surface area contributed by atoms with Crippen molar-refractivity contribution in [3.63, 3.8) is 0 Å². The third kappa shape index (κ3) is 2.57. The van der Waals surface area contributed by atoms with Crippen molar-refractivity contribution in [3.8, 4) is 0 Å². The molecule has 0 saturated carbocycles. The Kier molecular flexibility index (Phi) is 3.92. The second kappa shape index (κ2) is 5.10. The number of hydrogen-bond donors (Lipinski definition) is 1. The lowest BCUT2D eigenvalue weighted by atomic mass is 10.1. The zero-order valence-electron chi connectivity index (χ0n) is 8.86. The highest BCUT2D eigenvalue weighted by atomic mass is 79.9. The molecule has 17 heavy (non-hydrogen) atoms. The van der Waals surface area contributed by atoms with Gasteiger partial charge in [0.1, 0.15) is 6.10 Å². The highest BCUT2D eigenvalue weighted by molar-refractivity contribution is 9.10. The van der Waals surface area contributed by atoms with Crippen molar-refractivity contribution in [1.29, 1.82) is 0 Å². The van der Waals surface area contributed by atoms with Gasteiger partial charge in [0.2, 0.25) is 0 Å². The predicted molar refractivity (Wildman–Crippen MR) is 74.1 cm³/mol. The van der Waals surface area contributed by atoms with Crippen LogP contribution in [0.25, 0.3) is 0 Å². The van der Waals surface area contributed by atoms with E-state index in [4.69, 9.17) is 11.6 Å². The number of halogens is 3. The van der Waals surface area contributed by atoms with Crippen LogP contribution in [0.4, 0.5) is 0 Å². The smallest absolute Gasteiger partial charge is 0.123 e. The van der Waals surface area contributed by atoms with E-state index in [1.54, 1.807) is 30.1 Å². The summed E-state index contributed by atoms with van der Waals surface area (Å²) in [6.45, 7) is 0. The van der Waals surface area contributed by atoms with Crippen LogP contribution in [0, 0.1) is 0 Å². The number of nitrogens with zero attached hydrogens (tertiary/aromatic N) is 2. The molecular weight excluding hydrogens is 371 g/mol. The highest BCUT2D eigenvalue weighted by Gasteiger charge is 2.20. The molecule has 0 aliphatic carbocycles.